The molecule has 5 nitrogen and oxygen atoms in total. The van der Waals surface area contributed by atoms with Gasteiger partial charge in [-0.3, -0.25) is 0 Å². The molecule has 0 aliphatic heterocycles. The van der Waals surface area contributed by atoms with Gasteiger partial charge in [0.2, 0.25) is 0 Å². The van der Waals surface area contributed by atoms with Gasteiger partial charge in [-0.1, -0.05) is 24.9 Å². The van der Waals surface area contributed by atoms with Gasteiger partial charge in [-0.25, -0.2) is 4.79 Å². The molecule has 0 radical (unpaired) electrons. The SMILES string of the molecule is CCCCn1c(CNc2ccc(Cl)cc2)c(C(=O)OCC)c2cc(OC)c(Br)cc21. The average molecular weight is 494 g/mol. The molecule has 0 spiro atoms. The van der Waals surface area contributed by atoms with E-state index in [-0.39, 0.29) is 5.97 Å². The number of aryl methyl sites for hydroxylation is 1. The van der Waals surface area contributed by atoms with Crippen LogP contribution in [0.15, 0.2) is 40.9 Å². The molecule has 0 bridgehead atoms. The summed E-state index contributed by atoms with van der Waals surface area (Å²) in [5.41, 5.74) is 3.38. The first-order chi connectivity index (χ1) is 14.5. The summed E-state index contributed by atoms with van der Waals surface area (Å²) in [6, 6.07) is 11.4. The molecular formula is C23H26BrClN2O3. The van der Waals surface area contributed by atoms with Crippen LogP contribution < -0.4 is 10.1 Å². The van der Waals surface area contributed by atoms with E-state index < -0.39 is 0 Å². The number of carbonyl (C=O) groups excluding carboxylic acids is 1. The zero-order valence-electron chi connectivity index (χ0n) is 17.4. The Balaban J connectivity index is 2.15. The van der Waals surface area contributed by atoms with Gasteiger partial charge in [0.25, 0.3) is 0 Å². The first-order valence-electron chi connectivity index (χ1n) is 10.0. The molecule has 2 aromatic carbocycles. The van der Waals surface area contributed by atoms with Crippen LogP contribution in [0.5, 0.6) is 5.75 Å². The average Bonchev–Trinajstić information content (AvgIpc) is 3.03. The highest BCUT2D eigenvalue weighted by atomic mass is 79.9. The van der Waals surface area contributed by atoms with Crippen molar-refractivity contribution in [2.75, 3.05) is 19.0 Å². The molecule has 0 atom stereocenters. The molecule has 1 aromatic heterocycles. The van der Waals surface area contributed by atoms with Gasteiger partial charge in [-0.05, 0) is 65.7 Å². The molecule has 0 aliphatic rings. The van der Waals surface area contributed by atoms with Gasteiger partial charge in [-0.15, -0.1) is 0 Å². The largest absolute Gasteiger partial charge is 0.496 e. The lowest BCUT2D eigenvalue weighted by molar-refractivity contribution is 0.0527. The topological polar surface area (TPSA) is 52.5 Å². The van der Waals surface area contributed by atoms with Crippen LogP contribution in [0, 0.1) is 0 Å². The lowest BCUT2D eigenvalue weighted by Gasteiger charge is -2.14. The van der Waals surface area contributed by atoms with Crippen LogP contribution in [0.2, 0.25) is 5.02 Å². The summed E-state index contributed by atoms with van der Waals surface area (Å²) in [6.45, 7) is 5.58. The minimum absolute atomic E-state index is 0.318. The van der Waals surface area contributed by atoms with Gasteiger partial charge in [0.05, 0.1) is 41.5 Å². The van der Waals surface area contributed by atoms with E-state index in [1.54, 1.807) is 7.11 Å². The van der Waals surface area contributed by atoms with E-state index >= 15 is 0 Å². The zero-order chi connectivity index (χ0) is 21.7. The lowest BCUT2D eigenvalue weighted by Crippen LogP contribution is -2.14. The number of hydrogen-bond donors (Lipinski definition) is 1. The van der Waals surface area contributed by atoms with Crippen LogP contribution in [-0.4, -0.2) is 24.3 Å². The van der Waals surface area contributed by atoms with E-state index in [0.717, 1.165) is 46.1 Å². The Hall–Kier alpha value is -2.18. The predicted molar refractivity (Wildman–Crippen MR) is 126 cm³/mol. The summed E-state index contributed by atoms with van der Waals surface area (Å²) in [5, 5.41) is 4.93. The number of methoxy groups -OCH3 is 1. The minimum atomic E-state index is -0.324. The summed E-state index contributed by atoms with van der Waals surface area (Å²) < 4.78 is 14.0. The van der Waals surface area contributed by atoms with E-state index in [0.29, 0.717) is 29.5 Å². The Morgan fingerprint density at radius 1 is 1.20 bits per heavy atom. The van der Waals surface area contributed by atoms with E-state index in [9.17, 15) is 4.79 Å². The summed E-state index contributed by atoms with van der Waals surface area (Å²) in [5.74, 6) is 0.355. The number of hydrogen-bond acceptors (Lipinski definition) is 4. The Morgan fingerprint density at radius 2 is 1.93 bits per heavy atom. The maximum atomic E-state index is 13.0. The van der Waals surface area contributed by atoms with Crippen molar-refractivity contribution in [3.8, 4) is 5.75 Å². The third kappa shape index (κ3) is 4.76. The fourth-order valence-corrected chi connectivity index (χ4v) is 4.12. The molecule has 3 aromatic rings. The van der Waals surface area contributed by atoms with Crippen LogP contribution in [0.4, 0.5) is 5.69 Å². The number of fused-ring (bicyclic) bond motifs is 1. The molecule has 160 valence electrons. The standard InChI is InChI=1S/C23H26BrClN2O3/c1-4-6-11-27-19-13-18(24)21(29-3)12-17(19)22(23(28)30-5-2)20(27)14-26-16-9-7-15(25)8-10-16/h7-10,12-13,26H,4-6,11,14H2,1-3H3. The van der Waals surface area contributed by atoms with Crippen molar-refractivity contribution in [1.29, 1.82) is 0 Å². The number of esters is 1. The second-order valence-corrected chi connectivity index (χ2v) is 8.20. The monoisotopic (exact) mass is 492 g/mol. The third-order valence-electron chi connectivity index (χ3n) is 4.96. The highest BCUT2D eigenvalue weighted by Gasteiger charge is 2.24. The van der Waals surface area contributed by atoms with Crippen molar-refractivity contribution in [3.05, 3.63) is 57.2 Å². The van der Waals surface area contributed by atoms with Gasteiger partial charge < -0.3 is 19.4 Å². The number of unbranched alkanes of at least 4 members (excludes halogenated alkanes) is 1. The number of nitrogens with zero attached hydrogens (tertiary/aromatic N) is 1. The van der Waals surface area contributed by atoms with E-state index in [1.165, 1.54) is 0 Å². The number of ether oxygens (including phenoxy) is 2. The molecule has 30 heavy (non-hydrogen) atoms. The molecule has 1 N–H and O–H groups in total. The number of benzene rings is 2. The number of carbonyl (C=O) groups is 1. The zero-order valence-corrected chi connectivity index (χ0v) is 19.8. The van der Waals surface area contributed by atoms with Crippen LogP contribution >= 0.6 is 27.5 Å². The minimum Gasteiger partial charge on any atom is -0.496 e. The van der Waals surface area contributed by atoms with Crippen molar-refractivity contribution in [2.24, 2.45) is 0 Å². The van der Waals surface area contributed by atoms with E-state index in [2.05, 4.69) is 32.7 Å². The van der Waals surface area contributed by atoms with Crippen molar-refractivity contribution in [2.45, 2.75) is 39.8 Å². The van der Waals surface area contributed by atoms with Crippen molar-refractivity contribution >= 4 is 50.1 Å². The maximum Gasteiger partial charge on any atom is 0.340 e. The number of anilines is 1. The van der Waals surface area contributed by atoms with E-state index in [1.807, 2.05) is 43.3 Å². The molecule has 0 saturated carbocycles. The van der Waals surface area contributed by atoms with Gasteiger partial charge in [0.1, 0.15) is 5.75 Å². The van der Waals surface area contributed by atoms with Gasteiger partial charge in [0, 0.05) is 22.6 Å². The van der Waals surface area contributed by atoms with Crippen molar-refractivity contribution in [3.63, 3.8) is 0 Å². The third-order valence-corrected chi connectivity index (χ3v) is 5.84. The first-order valence-corrected chi connectivity index (χ1v) is 11.2. The molecule has 0 saturated heterocycles. The summed E-state index contributed by atoms with van der Waals surface area (Å²) in [4.78, 5) is 13.0. The van der Waals surface area contributed by atoms with Gasteiger partial charge >= 0.3 is 5.97 Å². The van der Waals surface area contributed by atoms with Gasteiger partial charge in [0.15, 0.2) is 0 Å². The Bertz CT molecular complexity index is 1030. The fraction of sp³-hybridized carbons (Fsp3) is 0.348. The molecular weight excluding hydrogens is 468 g/mol. The molecule has 3 rings (SSSR count). The second kappa shape index (κ2) is 10.2. The predicted octanol–water partition coefficient (Wildman–Crippen LogP) is 6.65. The van der Waals surface area contributed by atoms with Crippen molar-refractivity contribution in [1.82, 2.24) is 4.57 Å². The first kappa shape index (κ1) is 22.5. The van der Waals surface area contributed by atoms with Gasteiger partial charge in [-0.2, -0.15) is 0 Å². The quantitative estimate of drug-likeness (QED) is 0.339. The second-order valence-electron chi connectivity index (χ2n) is 6.91. The highest BCUT2D eigenvalue weighted by Crippen LogP contribution is 2.36. The molecule has 0 amide bonds. The van der Waals surface area contributed by atoms with Crippen LogP contribution in [0.1, 0.15) is 42.7 Å². The van der Waals surface area contributed by atoms with Crippen LogP contribution in [0.3, 0.4) is 0 Å². The number of aromatic nitrogens is 1. The number of rotatable bonds is 9. The number of nitrogens with one attached hydrogen (secondary N) is 1. The molecule has 0 fully saturated rings. The molecule has 0 aliphatic carbocycles. The highest BCUT2D eigenvalue weighted by molar-refractivity contribution is 9.10. The molecule has 1 heterocycles. The fourth-order valence-electron chi connectivity index (χ4n) is 3.50. The number of halogens is 2. The molecule has 7 heteroatoms. The summed E-state index contributed by atoms with van der Waals surface area (Å²) in [7, 11) is 1.62. The van der Waals surface area contributed by atoms with Crippen LogP contribution in [-0.2, 0) is 17.8 Å². The Morgan fingerprint density at radius 3 is 2.57 bits per heavy atom. The molecule has 0 unspecified atom stereocenters. The lowest BCUT2D eigenvalue weighted by atomic mass is 10.1. The summed E-state index contributed by atoms with van der Waals surface area (Å²) >= 11 is 9.58. The Kier molecular flexibility index (Phi) is 7.67. The van der Waals surface area contributed by atoms with Crippen LogP contribution in [0.25, 0.3) is 10.9 Å². The van der Waals surface area contributed by atoms with E-state index in [4.69, 9.17) is 21.1 Å². The van der Waals surface area contributed by atoms with Crippen molar-refractivity contribution < 1.29 is 14.3 Å². The smallest absolute Gasteiger partial charge is 0.340 e. The Labute approximate surface area is 190 Å². The normalized spacial score (nSPS) is 11.0. The summed E-state index contributed by atoms with van der Waals surface area (Å²) in [6.07, 6.45) is 2.05. The maximum absolute atomic E-state index is 13.0.